The van der Waals surface area contributed by atoms with E-state index in [1.54, 1.807) is 23.7 Å². The summed E-state index contributed by atoms with van der Waals surface area (Å²) in [6.07, 6.45) is 8.38. The molecule has 0 unspecified atom stereocenters. The third kappa shape index (κ3) is 4.15. The van der Waals surface area contributed by atoms with Gasteiger partial charge >= 0.3 is 0 Å². The lowest BCUT2D eigenvalue weighted by atomic mass is 9.92. The Morgan fingerprint density at radius 2 is 2.07 bits per heavy atom. The summed E-state index contributed by atoms with van der Waals surface area (Å²) in [4.78, 5) is 25.2. The van der Waals surface area contributed by atoms with Gasteiger partial charge < -0.3 is 10.2 Å². The van der Waals surface area contributed by atoms with Crippen molar-refractivity contribution in [1.82, 2.24) is 19.3 Å². The van der Waals surface area contributed by atoms with Crippen LogP contribution in [0.5, 0.6) is 0 Å². The van der Waals surface area contributed by atoms with E-state index in [4.69, 9.17) is 4.98 Å². The fourth-order valence-electron chi connectivity index (χ4n) is 3.91. The van der Waals surface area contributed by atoms with Crippen molar-refractivity contribution in [2.75, 3.05) is 18.4 Å². The third-order valence-electron chi connectivity index (χ3n) is 5.37. The Morgan fingerprint density at radius 3 is 2.72 bits per heavy atom. The number of nitrogens with one attached hydrogen (secondary N) is 1. The third-order valence-corrected chi connectivity index (χ3v) is 6.45. The maximum atomic E-state index is 12.9. The SMILES string of the molecule is CCc1cc(C(=O)N2CCC(c3nc4cnccn4c3NC(C)(C)C)CC2)cs1. The normalized spacial score (nSPS) is 15.8. The molecule has 1 amide bonds. The first-order valence-electron chi connectivity index (χ1n) is 10.3. The van der Waals surface area contributed by atoms with Gasteiger partial charge in [-0.15, -0.1) is 11.3 Å². The largest absolute Gasteiger partial charge is 0.365 e. The second-order valence-corrected chi connectivity index (χ2v) is 9.74. The summed E-state index contributed by atoms with van der Waals surface area (Å²) in [5.41, 5.74) is 2.71. The molecule has 0 aromatic carbocycles. The van der Waals surface area contributed by atoms with Crippen LogP contribution in [0.3, 0.4) is 0 Å². The summed E-state index contributed by atoms with van der Waals surface area (Å²) in [5, 5.41) is 5.63. The number of likely N-dealkylation sites (tertiary alicyclic amines) is 1. The minimum absolute atomic E-state index is 0.0689. The van der Waals surface area contributed by atoms with Crippen LogP contribution in [0.15, 0.2) is 30.0 Å². The molecule has 154 valence electrons. The fourth-order valence-corrected chi connectivity index (χ4v) is 4.71. The van der Waals surface area contributed by atoms with Gasteiger partial charge in [-0.3, -0.25) is 14.2 Å². The van der Waals surface area contributed by atoms with E-state index in [0.29, 0.717) is 5.92 Å². The number of nitrogens with zero attached hydrogens (tertiary/aromatic N) is 4. The molecule has 0 bridgehead atoms. The zero-order chi connectivity index (χ0) is 20.6. The van der Waals surface area contributed by atoms with E-state index in [1.165, 1.54) is 4.88 Å². The van der Waals surface area contributed by atoms with Crippen LogP contribution < -0.4 is 5.32 Å². The molecule has 1 aliphatic rings. The molecular weight excluding hydrogens is 382 g/mol. The number of carbonyl (C=O) groups is 1. The van der Waals surface area contributed by atoms with Gasteiger partial charge in [0.05, 0.1) is 17.5 Å². The Balaban J connectivity index is 1.53. The lowest BCUT2D eigenvalue weighted by Gasteiger charge is -2.32. The van der Waals surface area contributed by atoms with Crippen LogP contribution in [0, 0.1) is 0 Å². The minimum Gasteiger partial charge on any atom is -0.365 e. The van der Waals surface area contributed by atoms with Gasteiger partial charge in [0.15, 0.2) is 5.65 Å². The summed E-state index contributed by atoms with van der Waals surface area (Å²) in [6.45, 7) is 10.1. The molecule has 0 radical (unpaired) electrons. The number of carbonyl (C=O) groups excluding carboxylic acids is 1. The smallest absolute Gasteiger partial charge is 0.254 e. The van der Waals surface area contributed by atoms with E-state index in [0.717, 1.165) is 55.1 Å². The summed E-state index contributed by atoms with van der Waals surface area (Å²) < 4.78 is 2.09. The number of hydrogen-bond donors (Lipinski definition) is 1. The van der Waals surface area contributed by atoms with E-state index in [2.05, 4.69) is 42.4 Å². The van der Waals surface area contributed by atoms with Crippen LogP contribution >= 0.6 is 11.3 Å². The van der Waals surface area contributed by atoms with Crippen LogP contribution in [0.25, 0.3) is 5.65 Å². The Bertz CT molecular complexity index is 1010. The number of imidazole rings is 1. The molecular formula is C22H29N5OS. The summed E-state index contributed by atoms with van der Waals surface area (Å²) in [6, 6.07) is 2.04. The van der Waals surface area contributed by atoms with Crippen molar-refractivity contribution in [3.63, 3.8) is 0 Å². The highest BCUT2D eigenvalue weighted by atomic mass is 32.1. The maximum Gasteiger partial charge on any atom is 0.254 e. The zero-order valence-electron chi connectivity index (χ0n) is 17.6. The van der Waals surface area contributed by atoms with E-state index in [1.807, 2.05) is 22.5 Å². The van der Waals surface area contributed by atoms with E-state index >= 15 is 0 Å². The Kier molecular flexibility index (Phi) is 5.34. The molecule has 0 saturated carbocycles. The monoisotopic (exact) mass is 411 g/mol. The van der Waals surface area contributed by atoms with Gasteiger partial charge in [-0.2, -0.15) is 0 Å². The van der Waals surface area contributed by atoms with Crippen molar-refractivity contribution in [1.29, 1.82) is 0 Å². The lowest BCUT2D eigenvalue weighted by Crippen LogP contribution is -2.38. The first kappa shape index (κ1) is 19.9. The van der Waals surface area contributed by atoms with Crippen molar-refractivity contribution in [3.05, 3.63) is 46.2 Å². The van der Waals surface area contributed by atoms with Gasteiger partial charge in [0.25, 0.3) is 5.91 Å². The van der Waals surface area contributed by atoms with Crippen molar-refractivity contribution >= 4 is 28.7 Å². The van der Waals surface area contributed by atoms with Gasteiger partial charge in [0, 0.05) is 47.2 Å². The van der Waals surface area contributed by atoms with Crippen molar-refractivity contribution in [2.45, 2.75) is 58.4 Å². The quantitative estimate of drug-likeness (QED) is 0.682. The van der Waals surface area contributed by atoms with Crippen LogP contribution in [0.1, 0.15) is 67.4 Å². The Morgan fingerprint density at radius 1 is 1.31 bits per heavy atom. The van der Waals surface area contributed by atoms with Gasteiger partial charge in [-0.25, -0.2) is 4.98 Å². The van der Waals surface area contributed by atoms with Crippen molar-refractivity contribution in [2.24, 2.45) is 0 Å². The lowest BCUT2D eigenvalue weighted by molar-refractivity contribution is 0.0713. The van der Waals surface area contributed by atoms with Crippen LogP contribution in [0.2, 0.25) is 0 Å². The summed E-state index contributed by atoms with van der Waals surface area (Å²) in [7, 11) is 0. The molecule has 0 spiro atoms. The van der Waals surface area contributed by atoms with E-state index < -0.39 is 0 Å². The number of aryl methyl sites for hydroxylation is 1. The van der Waals surface area contributed by atoms with Crippen molar-refractivity contribution in [3.8, 4) is 0 Å². The molecule has 1 fully saturated rings. The highest BCUT2D eigenvalue weighted by molar-refractivity contribution is 7.10. The number of piperidine rings is 1. The molecule has 6 nitrogen and oxygen atoms in total. The Labute approximate surface area is 176 Å². The molecule has 4 heterocycles. The van der Waals surface area contributed by atoms with Gasteiger partial charge in [-0.1, -0.05) is 6.92 Å². The topological polar surface area (TPSA) is 62.5 Å². The summed E-state index contributed by atoms with van der Waals surface area (Å²) in [5.74, 6) is 1.54. The first-order valence-corrected chi connectivity index (χ1v) is 11.2. The van der Waals surface area contributed by atoms with Gasteiger partial charge in [-0.05, 0) is 46.1 Å². The zero-order valence-corrected chi connectivity index (χ0v) is 18.4. The van der Waals surface area contributed by atoms with Crippen LogP contribution in [-0.4, -0.2) is 43.8 Å². The van der Waals surface area contributed by atoms with Crippen LogP contribution in [0.4, 0.5) is 5.82 Å². The number of amides is 1. The minimum atomic E-state index is -0.0689. The van der Waals surface area contributed by atoms with Crippen LogP contribution in [-0.2, 0) is 6.42 Å². The maximum absolute atomic E-state index is 12.9. The average molecular weight is 412 g/mol. The van der Waals surface area contributed by atoms with Gasteiger partial charge in [0.2, 0.25) is 0 Å². The number of fused-ring (bicyclic) bond motifs is 1. The standard InChI is InChI=1S/C22H29N5OS/c1-5-17-12-16(14-29-17)21(28)26-9-6-15(7-10-26)19-20(25-22(2,3)4)27-11-8-23-13-18(27)24-19/h8,11-15,25H,5-7,9-10H2,1-4H3. The highest BCUT2D eigenvalue weighted by Gasteiger charge is 2.30. The summed E-state index contributed by atoms with van der Waals surface area (Å²) >= 11 is 1.67. The predicted octanol–water partition coefficient (Wildman–Crippen LogP) is 4.58. The second kappa shape index (κ2) is 7.78. The molecule has 0 aliphatic carbocycles. The highest BCUT2D eigenvalue weighted by Crippen LogP contribution is 2.34. The molecule has 1 saturated heterocycles. The average Bonchev–Trinajstić information content (AvgIpc) is 3.32. The molecule has 1 N–H and O–H groups in total. The number of anilines is 1. The number of hydrogen-bond acceptors (Lipinski definition) is 5. The second-order valence-electron chi connectivity index (χ2n) is 8.75. The molecule has 3 aromatic heterocycles. The molecule has 4 rings (SSSR count). The molecule has 3 aromatic rings. The first-order chi connectivity index (χ1) is 13.9. The predicted molar refractivity (Wildman–Crippen MR) is 118 cm³/mol. The number of thiophene rings is 1. The molecule has 0 atom stereocenters. The van der Waals surface area contributed by atoms with E-state index in [-0.39, 0.29) is 11.4 Å². The van der Waals surface area contributed by atoms with Gasteiger partial charge in [0.1, 0.15) is 5.82 Å². The number of aromatic nitrogens is 3. The Hall–Kier alpha value is -2.41. The molecule has 1 aliphatic heterocycles. The van der Waals surface area contributed by atoms with Crippen molar-refractivity contribution < 1.29 is 4.79 Å². The molecule has 29 heavy (non-hydrogen) atoms. The molecule has 7 heteroatoms. The van der Waals surface area contributed by atoms with E-state index in [9.17, 15) is 4.79 Å². The fraction of sp³-hybridized carbons (Fsp3) is 0.500. The number of rotatable bonds is 4.